The van der Waals surface area contributed by atoms with E-state index in [1.165, 1.54) is 5.56 Å². The summed E-state index contributed by atoms with van der Waals surface area (Å²) < 4.78 is 9.02. The second-order valence-corrected chi connectivity index (χ2v) is 8.12. The lowest BCUT2D eigenvalue weighted by Crippen LogP contribution is -2.16. The Hall–Kier alpha value is -3.12. The first kappa shape index (κ1) is 19.2. The van der Waals surface area contributed by atoms with E-state index in [-0.39, 0.29) is 12.0 Å². The minimum atomic E-state index is -0.197. The summed E-state index contributed by atoms with van der Waals surface area (Å²) in [6.07, 6.45) is 2.57. The lowest BCUT2D eigenvalue weighted by Gasteiger charge is -2.17. The van der Waals surface area contributed by atoms with Crippen LogP contribution in [0.25, 0.3) is 10.1 Å². The van der Waals surface area contributed by atoms with Crippen molar-refractivity contribution in [3.05, 3.63) is 76.8 Å². The van der Waals surface area contributed by atoms with Gasteiger partial charge in [-0.1, -0.05) is 30.3 Å². The highest BCUT2D eigenvalue weighted by Gasteiger charge is 2.17. The lowest BCUT2D eigenvalue weighted by molar-refractivity contribution is 0.102. The van der Waals surface area contributed by atoms with Gasteiger partial charge in [-0.25, -0.2) is 0 Å². The fourth-order valence-corrected chi connectivity index (χ4v) is 4.38. The highest BCUT2D eigenvalue weighted by molar-refractivity contribution is 7.17. The van der Waals surface area contributed by atoms with Crippen LogP contribution in [0.15, 0.2) is 60.1 Å². The third kappa shape index (κ3) is 4.32. The highest BCUT2D eigenvalue weighted by atomic mass is 32.1. The summed E-state index contributed by atoms with van der Waals surface area (Å²) in [4.78, 5) is 12.8. The quantitative estimate of drug-likeness (QED) is 0.479. The van der Waals surface area contributed by atoms with Crippen LogP contribution in [0.5, 0.6) is 5.75 Å². The number of anilines is 1. The average molecular weight is 406 g/mol. The Bertz CT molecular complexity index is 1150. The van der Waals surface area contributed by atoms with Crippen molar-refractivity contribution in [3.8, 4) is 5.75 Å². The number of fused-ring (bicyclic) bond motifs is 1. The first-order valence-electron chi connectivity index (χ1n) is 9.53. The molecule has 1 amide bonds. The molecule has 4 rings (SSSR count). The van der Waals surface area contributed by atoms with E-state index in [1.54, 1.807) is 28.3 Å². The summed E-state index contributed by atoms with van der Waals surface area (Å²) >= 11 is 1.62. The molecule has 29 heavy (non-hydrogen) atoms. The summed E-state index contributed by atoms with van der Waals surface area (Å²) in [6, 6.07) is 15.8. The summed E-state index contributed by atoms with van der Waals surface area (Å²) in [5.74, 6) is 1.08. The fourth-order valence-electron chi connectivity index (χ4n) is 3.38. The highest BCUT2D eigenvalue weighted by Crippen LogP contribution is 2.36. The summed E-state index contributed by atoms with van der Waals surface area (Å²) in [5.41, 5.74) is 2.94. The molecule has 148 valence electrons. The molecule has 0 saturated carbocycles. The van der Waals surface area contributed by atoms with Crippen LogP contribution in [0.3, 0.4) is 0 Å². The number of nitrogens with zero attached hydrogens (tertiary/aromatic N) is 2. The zero-order valence-corrected chi connectivity index (χ0v) is 17.5. The second-order valence-electron chi connectivity index (χ2n) is 7.21. The molecule has 5 nitrogen and oxygen atoms in total. The van der Waals surface area contributed by atoms with Gasteiger partial charge in [-0.15, -0.1) is 11.3 Å². The maximum atomic E-state index is 12.8. The molecule has 0 aliphatic carbocycles. The first-order chi connectivity index (χ1) is 14.0. The molecule has 0 unspecified atom stereocenters. The molecule has 0 bridgehead atoms. The van der Waals surface area contributed by atoms with Gasteiger partial charge in [0.25, 0.3) is 5.91 Å². The number of amides is 1. The summed E-state index contributed by atoms with van der Waals surface area (Å²) in [6.45, 7) is 4.13. The van der Waals surface area contributed by atoms with Gasteiger partial charge in [-0.2, -0.15) is 5.10 Å². The Morgan fingerprint density at radius 2 is 2.03 bits per heavy atom. The molecule has 0 fully saturated rings. The lowest BCUT2D eigenvalue weighted by atomic mass is 10.1. The van der Waals surface area contributed by atoms with Crippen molar-refractivity contribution < 1.29 is 9.53 Å². The van der Waals surface area contributed by atoms with Crippen LogP contribution >= 0.6 is 11.3 Å². The molecule has 2 heterocycles. The van der Waals surface area contributed by atoms with Crippen molar-refractivity contribution in [3.63, 3.8) is 0 Å². The fraction of sp³-hybridized carbons (Fsp3) is 0.217. The Morgan fingerprint density at radius 3 is 2.76 bits per heavy atom. The standard InChI is InChI=1S/C23H23N3O2S/c1-15-14-29-20-13-18(23(27)24-21-9-10-26(3)25-21)12-19(22(15)20)28-16(2)11-17-7-5-4-6-8-17/h4-10,12-14,16H,11H2,1-3H3,(H,24,25,27)/t16-/m0/s1. The third-order valence-electron chi connectivity index (χ3n) is 4.73. The van der Waals surface area contributed by atoms with Crippen LogP contribution in [0.4, 0.5) is 5.82 Å². The van der Waals surface area contributed by atoms with E-state index in [0.717, 1.165) is 27.8 Å². The van der Waals surface area contributed by atoms with E-state index < -0.39 is 0 Å². The number of hydrogen-bond donors (Lipinski definition) is 1. The molecule has 0 aliphatic rings. The zero-order valence-electron chi connectivity index (χ0n) is 16.7. The van der Waals surface area contributed by atoms with Crippen LogP contribution in [0, 0.1) is 6.92 Å². The average Bonchev–Trinajstić information content (AvgIpc) is 3.28. The predicted octanol–water partition coefficient (Wildman–Crippen LogP) is 5.21. The van der Waals surface area contributed by atoms with Gasteiger partial charge in [0, 0.05) is 41.4 Å². The molecule has 4 aromatic rings. The van der Waals surface area contributed by atoms with E-state index in [2.05, 4.69) is 41.8 Å². The number of aryl methyl sites for hydroxylation is 2. The first-order valence-corrected chi connectivity index (χ1v) is 10.4. The molecule has 0 radical (unpaired) electrons. The van der Waals surface area contributed by atoms with Crippen LogP contribution in [-0.4, -0.2) is 21.8 Å². The minimum Gasteiger partial charge on any atom is -0.490 e. The maximum absolute atomic E-state index is 12.8. The van der Waals surface area contributed by atoms with Crippen molar-refractivity contribution in [1.82, 2.24) is 9.78 Å². The van der Waals surface area contributed by atoms with E-state index in [4.69, 9.17) is 4.74 Å². The molecular formula is C23H23N3O2S. The van der Waals surface area contributed by atoms with Crippen LogP contribution in [0.2, 0.25) is 0 Å². The second kappa shape index (κ2) is 8.09. The Morgan fingerprint density at radius 1 is 1.24 bits per heavy atom. The van der Waals surface area contributed by atoms with Crippen molar-refractivity contribution in [2.45, 2.75) is 26.4 Å². The number of ether oxygens (including phenoxy) is 1. The Labute approximate surface area is 173 Å². The monoisotopic (exact) mass is 405 g/mol. The van der Waals surface area contributed by atoms with Crippen molar-refractivity contribution in [2.24, 2.45) is 7.05 Å². The van der Waals surface area contributed by atoms with Gasteiger partial charge in [0.15, 0.2) is 5.82 Å². The van der Waals surface area contributed by atoms with Crippen LogP contribution in [0.1, 0.15) is 28.4 Å². The van der Waals surface area contributed by atoms with Gasteiger partial charge >= 0.3 is 0 Å². The van der Waals surface area contributed by atoms with Crippen LogP contribution in [-0.2, 0) is 13.5 Å². The molecular weight excluding hydrogens is 382 g/mol. The third-order valence-corrected chi connectivity index (χ3v) is 5.78. The van der Waals surface area contributed by atoms with Gasteiger partial charge in [0.2, 0.25) is 0 Å². The number of carbonyl (C=O) groups is 1. The number of thiophene rings is 1. The van der Waals surface area contributed by atoms with Gasteiger partial charge in [-0.05, 0) is 42.5 Å². The summed E-state index contributed by atoms with van der Waals surface area (Å²) in [5, 5.41) is 10.2. The van der Waals surface area contributed by atoms with Gasteiger partial charge in [-0.3, -0.25) is 9.48 Å². The largest absolute Gasteiger partial charge is 0.490 e. The van der Waals surface area contributed by atoms with Gasteiger partial charge in [0.1, 0.15) is 5.75 Å². The molecule has 2 aromatic heterocycles. The molecule has 0 spiro atoms. The smallest absolute Gasteiger partial charge is 0.257 e. The van der Waals surface area contributed by atoms with E-state index in [1.807, 2.05) is 37.4 Å². The topological polar surface area (TPSA) is 56.2 Å². The van der Waals surface area contributed by atoms with E-state index >= 15 is 0 Å². The van der Waals surface area contributed by atoms with Gasteiger partial charge < -0.3 is 10.1 Å². The van der Waals surface area contributed by atoms with Crippen LogP contribution < -0.4 is 10.1 Å². The number of nitrogens with one attached hydrogen (secondary N) is 1. The molecule has 1 N–H and O–H groups in total. The van der Waals surface area contributed by atoms with Crippen molar-refractivity contribution >= 4 is 33.1 Å². The van der Waals surface area contributed by atoms with Crippen molar-refractivity contribution in [2.75, 3.05) is 5.32 Å². The van der Waals surface area contributed by atoms with E-state index in [9.17, 15) is 4.79 Å². The Kier molecular flexibility index (Phi) is 5.36. The predicted molar refractivity (Wildman–Crippen MR) is 118 cm³/mol. The van der Waals surface area contributed by atoms with Gasteiger partial charge in [0.05, 0.1) is 6.10 Å². The molecule has 6 heteroatoms. The minimum absolute atomic E-state index is 0.0194. The number of benzene rings is 2. The number of aromatic nitrogens is 2. The summed E-state index contributed by atoms with van der Waals surface area (Å²) in [7, 11) is 1.82. The zero-order chi connectivity index (χ0) is 20.4. The molecule has 2 aromatic carbocycles. The van der Waals surface area contributed by atoms with E-state index in [0.29, 0.717) is 11.4 Å². The van der Waals surface area contributed by atoms with Crippen molar-refractivity contribution in [1.29, 1.82) is 0 Å². The Balaban J connectivity index is 1.61. The molecule has 0 aliphatic heterocycles. The number of carbonyl (C=O) groups excluding carboxylic acids is 1. The molecule has 1 atom stereocenters. The molecule has 0 saturated heterocycles. The number of rotatable bonds is 6. The maximum Gasteiger partial charge on any atom is 0.257 e. The SMILES string of the molecule is Cc1csc2cc(C(=O)Nc3ccn(C)n3)cc(O[C@@H](C)Cc3ccccc3)c12. The number of hydrogen-bond acceptors (Lipinski definition) is 4. The normalized spacial score (nSPS) is 12.1.